The van der Waals surface area contributed by atoms with Crippen LogP contribution < -0.4 is 10.1 Å². The fourth-order valence-electron chi connectivity index (χ4n) is 4.82. The quantitative estimate of drug-likeness (QED) is 0.0831. The maximum Gasteiger partial charge on any atom is 0.335 e. The van der Waals surface area contributed by atoms with E-state index >= 15 is 0 Å². The minimum atomic E-state index is -1.08. The molecule has 0 saturated heterocycles. The van der Waals surface area contributed by atoms with Gasteiger partial charge in [0.05, 0.1) is 51.1 Å². The number of carboxylic acids is 2. The molecule has 1 amide bonds. The third-order valence-corrected chi connectivity index (χ3v) is 7.64. The Morgan fingerprint density at radius 2 is 1.22 bits per heavy atom. The Labute approximate surface area is 300 Å². The highest BCUT2D eigenvalue weighted by molar-refractivity contribution is 5.87. The molecule has 0 radical (unpaired) electrons. The van der Waals surface area contributed by atoms with E-state index in [-0.39, 0.29) is 87.7 Å². The van der Waals surface area contributed by atoms with Crippen LogP contribution in [0.4, 0.5) is 0 Å². The monoisotopic (exact) mass is 723 g/mol. The number of aromatic carboxylic acids is 1. The standard InChI is InChI=1S/C37H57NO13/c1-29(39)27-49-24-22-47-19-9-11-33(41)28-50-25-23-48-21-18-38-35(42)17-14-31(37(45)46)26-32(40)10-7-5-3-2-4-6-8-20-51-34-15-12-30(13-16-34)36(43)44/h12-13,15-16,31H,2-11,14,17-28H2,1H3,(H,38,42)(H,43,44)(H,45,46)/t31-/m1/s1. The number of nitrogens with one attached hydrogen (secondary N) is 1. The van der Waals surface area contributed by atoms with Gasteiger partial charge < -0.3 is 39.2 Å². The van der Waals surface area contributed by atoms with Gasteiger partial charge in [0.2, 0.25) is 5.91 Å². The predicted octanol–water partition coefficient (Wildman–Crippen LogP) is 4.45. The number of hydrogen-bond donors (Lipinski definition) is 3. The Morgan fingerprint density at radius 1 is 0.627 bits per heavy atom. The van der Waals surface area contributed by atoms with E-state index in [2.05, 4.69) is 5.32 Å². The van der Waals surface area contributed by atoms with E-state index in [9.17, 15) is 33.9 Å². The molecule has 0 spiro atoms. The zero-order valence-electron chi connectivity index (χ0n) is 30.0. The number of unbranched alkanes of at least 4 members (excludes halogenated alkanes) is 6. The number of hydrogen-bond acceptors (Lipinski definition) is 11. The number of aliphatic carboxylic acids is 1. The normalized spacial score (nSPS) is 11.5. The molecule has 1 aromatic carbocycles. The molecule has 0 aromatic heterocycles. The van der Waals surface area contributed by atoms with E-state index in [0.717, 1.165) is 38.5 Å². The number of carbonyl (C=O) groups is 6. The number of amides is 1. The maximum atomic E-state index is 12.4. The first-order valence-corrected chi connectivity index (χ1v) is 17.9. The van der Waals surface area contributed by atoms with Gasteiger partial charge in [0.15, 0.2) is 11.6 Å². The summed E-state index contributed by atoms with van der Waals surface area (Å²) in [6.07, 6.45) is 7.78. The Hall–Kier alpha value is -3.72. The topological polar surface area (TPSA) is 201 Å². The van der Waals surface area contributed by atoms with Crippen LogP contribution in [0.3, 0.4) is 0 Å². The highest BCUT2D eigenvalue weighted by atomic mass is 16.5. The van der Waals surface area contributed by atoms with E-state index in [4.69, 9.17) is 28.8 Å². The second-order valence-electron chi connectivity index (χ2n) is 12.2. The van der Waals surface area contributed by atoms with Crippen molar-refractivity contribution in [2.45, 2.75) is 90.4 Å². The summed E-state index contributed by atoms with van der Waals surface area (Å²) >= 11 is 0. The van der Waals surface area contributed by atoms with Crippen molar-refractivity contribution in [3.8, 4) is 5.75 Å². The van der Waals surface area contributed by atoms with Crippen molar-refractivity contribution in [3.63, 3.8) is 0 Å². The molecule has 0 aliphatic carbocycles. The average Bonchev–Trinajstić information content (AvgIpc) is 3.09. The zero-order chi connectivity index (χ0) is 37.5. The minimum Gasteiger partial charge on any atom is -0.494 e. The first kappa shape index (κ1) is 45.3. The van der Waals surface area contributed by atoms with Crippen molar-refractivity contribution in [3.05, 3.63) is 29.8 Å². The number of rotatable bonds is 35. The molecule has 0 saturated carbocycles. The van der Waals surface area contributed by atoms with E-state index in [1.165, 1.54) is 19.1 Å². The van der Waals surface area contributed by atoms with Gasteiger partial charge in [-0.15, -0.1) is 0 Å². The third-order valence-electron chi connectivity index (χ3n) is 7.64. The van der Waals surface area contributed by atoms with Crippen LogP contribution in [0.5, 0.6) is 5.75 Å². The lowest BCUT2D eigenvalue weighted by Crippen LogP contribution is -2.29. The van der Waals surface area contributed by atoms with Crippen molar-refractivity contribution in [2.75, 3.05) is 66.0 Å². The van der Waals surface area contributed by atoms with E-state index in [0.29, 0.717) is 57.9 Å². The molecule has 0 unspecified atom stereocenters. The Balaban J connectivity index is 1.97. The van der Waals surface area contributed by atoms with Crippen LogP contribution in [0, 0.1) is 5.92 Å². The number of ether oxygens (including phenoxy) is 5. The van der Waals surface area contributed by atoms with E-state index in [1.807, 2.05) is 0 Å². The lowest BCUT2D eigenvalue weighted by molar-refractivity contribution is -0.144. The molecule has 1 rings (SSSR count). The van der Waals surface area contributed by atoms with Crippen LogP contribution in [0.1, 0.15) is 101 Å². The van der Waals surface area contributed by atoms with Gasteiger partial charge in [0.1, 0.15) is 24.7 Å². The molecule has 0 fully saturated rings. The van der Waals surface area contributed by atoms with Crippen LogP contribution in [-0.4, -0.2) is 111 Å². The minimum absolute atomic E-state index is 0.00377. The van der Waals surface area contributed by atoms with Gasteiger partial charge in [-0.1, -0.05) is 32.1 Å². The molecule has 0 bridgehead atoms. The molecule has 288 valence electrons. The Bertz CT molecular complexity index is 1160. The molecule has 1 aromatic rings. The fourth-order valence-corrected chi connectivity index (χ4v) is 4.82. The van der Waals surface area contributed by atoms with Crippen LogP contribution >= 0.6 is 0 Å². The Kier molecular flexibility index (Phi) is 26.6. The van der Waals surface area contributed by atoms with E-state index in [1.54, 1.807) is 12.1 Å². The van der Waals surface area contributed by atoms with Gasteiger partial charge in [-0.25, -0.2) is 4.79 Å². The highest BCUT2D eigenvalue weighted by Crippen LogP contribution is 2.17. The van der Waals surface area contributed by atoms with Crippen molar-refractivity contribution in [1.82, 2.24) is 5.32 Å². The lowest BCUT2D eigenvalue weighted by Gasteiger charge is -2.12. The van der Waals surface area contributed by atoms with Gasteiger partial charge >= 0.3 is 11.9 Å². The first-order chi connectivity index (χ1) is 24.6. The fraction of sp³-hybridized carbons (Fsp3) is 0.676. The smallest absolute Gasteiger partial charge is 0.335 e. The van der Waals surface area contributed by atoms with Gasteiger partial charge in [0.25, 0.3) is 0 Å². The first-order valence-electron chi connectivity index (χ1n) is 17.9. The molecule has 14 heteroatoms. The summed E-state index contributed by atoms with van der Waals surface area (Å²) in [6, 6.07) is 6.32. The van der Waals surface area contributed by atoms with Crippen molar-refractivity contribution < 1.29 is 62.7 Å². The molecule has 0 aliphatic heterocycles. The van der Waals surface area contributed by atoms with Crippen LogP contribution in [0.15, 0.2) is 24.3 Å². The van der Waals surface area contributed by atoms with Crippen LogP contribution in [0.2, 0.25) is 0 Å². The van der Waals surface area contributed by atoms with Crippen molar-refractivity contribution >= 4 is 35.2 Å². The predicted molar refractivity (Wildman–Crippen MR) is 187 cm³/mol. The van der Waals surface area contributed by atoms with E-state index < -0.39 is 17.9 Å². The molecule has 14 nitrogen and oxygen atoms in total. The summed E-state index contributed by atoms with van der Waals surface area (Å²) in [5.41, 5.74) is 0.222. The average molecular weight is 724 g/mol. The lowest BCUT2D eigenvalue weighted by atomic mass is 9.94. The third kappa shape index (κ3) is 26.7. The molecule has 1 atom stereocenters. The van der Waals surface area contributed by atoms with Gasteiger partial charge in [0, 0.05) is 38.8 Å². The van der Waals surface area contributed by atoms with Crippen LogP contribution in [-0.2, 0) is 42.9 Å². The van der Waals surface area contributed by atoms with Gasteiger partial charge in [-0.2, -0.15) is 0 Å². The number of carboxylic acid groups (broad SMARTS) is 2. The summed E-state index contributed by atoms with van der Waals surface area (Å²) in [4.78, 5) is 69.7. The second-order valence-corrected chi connectivity index (χ2v) is 12.2. The molecule has 0 heterocycles. The molecule has 3 N–H and O–H groups in total. The SMILES string of the molecule is CC(=O)COCCOCCCC(=O)COCCOCCNC(=O)CC[C@H](CC(=O)CCCCCCCCCOc1ccc(C(=O)O)cc1)C(=O)O. The highest BCUT2D eigenvalue weighted by Gasteiger charge is 2.22. The Morgan fingerprint density at radius 3 is 1.86 bits per heavy atom. The van der Waals surface area contributed by atoms with Crippen molar-refractivity contribution in [1.29, 1.82) is 0 Å². The van der Waals surface area contributed by atoms with Crippen molar-refractivity contribution in [2.24, 2.45) is 5.92 Å². The summed E-state index contributed by atoms with van der Waals surface area (Å²) in [5.74, 6) is -2.82. The summed E-state index contributed by atoms with van der Waals surface area (Å²) in [5, 5.41) is 21.1. The zero-order valence-corrected chi connectivity index (χ0v) is 30.0. The molecule has 51 heavy (non-hydrogen) atoms. The summed E-state index contributed by atoms with van der Waals surface area (Å²) < 4.78 is 26.7. The molecular weight excluding hydrogens is 666 g/mol. The number of carbonyl (C=O) groups excluding carboxylic acids is 4. The summed E-state index contributed by atoms with van der Waals surface area (Å²) in [6.45, 7) is 4.12. The maximum absolute atomic E-state index is 12.4. The van der Waals surface area contributed by atoms with Gasteiger partial charge in [-0.05, 0) is 56.9 Å². The molecular formula is C37H57NO13. The second kappa shape index (κ2) is 30.0. The summed E-state index contributed by atoms with van der Waals surface area (Å²) in [7, 11) is 0. The van der Waals surface area contributed by atoms with Crippen LogP contribution in [0.25, 0.3) is 0 Å². The number of benzene rings is 1. The number of Topliss-reactive ketones (excluding diaryl/α,β-unsaturated/α-hetero) is 3. The van der Waals surface area contributed by atoms with Gasteiger partial charge in [-0.3, -0.25) is 24.0 Å². The largest absolute Gasteiger partial charge is 0.494 e. The molecule has 0 aliphatic rings. The number of ketones is 3.